The van der Waals surface area contributed by atoms with Crippen molar-refractivity contribution in [1.29, 1.82) is 0 Å². The Morgan fingerprint density at radius 1 is 1.14 bits per heavy atom. The molecule has 112 valence electrons. The standard InChI is InChI=1S/C17H15NO3S/c1-12(16-11-13-7-5-6-10-15(13)22-16)21-17(19)18(20)14-8-3-2-4-9-14/h2-12,20H,1H3. The third-order valence-corrected chi connectivity index (χ3v) is 4.57. The molecule has 1 unspecified atom stereocenters. The Balaban J connectivity index is 1.73. The number of para-hydroxylation sites is 1. The number of benzene rings is 2. The van der Waals surface area contributed by atoms with E-state index in [1.54, 1.807) is 42.5 Å². The molecule has 22 heavy (non-hydrogen) atoms. The molecule has 0 bridgehead atoms. The van der Waals surface area contributed by atoms with Crippen molar-refractivity contribution in [2.24, 2.45) is 0 Å². The molecule has 1 atom stereocenters. The van der Waals surface area contributed by atoms with E-state index in [2.05, 4.69) is 0 Å². The van der Waals surface area contributed by atoms with Crippen LogP contribution >= 0.6 is 11.3 Å². The molecule has 0 radical (unpaired) electrons. The van der Waals surface area contributed by atoms with Crippen molar-refractivity contribution in [3.05, 3.63) is 65.5 Å². The lowest BCUT2D eigenvalue weighted by Crippen LogP contribution is -2.28. The number of carbonyl (C=O) groups excluding carboxylic acids is 1. The van der Waals surface area contributed by atoms with Gasteiger partial charge in [0, 0.05) is 9.58 Å². The number of hydroxylamine groups is 1. The number of hydrogen-bond donors (Lipinski definition) is 1. The maximum Gasteiger partial charge on any atom is 0.439 e. The fraction of sp³-hybridized carbons (Fsp3) is 0.118. The number of hydrogen-bond acceptors (Lipinski definition) is 4. The first-order chi connectivity index (χ1) is 10.6. The first kappa shape index (κ1) is 14.6. The quantitative estimate of drug-likeness (QED) is 0.547. The van der Waals surface area contributed by atoms with Crippen LogP contribution in [0.2, 0.25) is 0 Å². The number of anilines is 1. The van der Waals surface area contributed by atoms with E-state index in [4.69, 9.17) is 4.74 Å². The molecule has 0 saturated heterocycles. The summed E-state index contributed by atoms with van der Waals surface area (Å²) in [7, 11) is 0. The van der Waals surface area contributed by atoms with Crippen LogP contribution in [0.5, 0.6) is 0 Å². The highest BCUT2D eigenvalue weighted by molar-refractivity contribution is 7.19. The largest absolute Gasteiger partial charge is 0.439 e. The van der Waals surface area contributed by atoms with Gasteiger partial charge in [0.05, 0.1) is 5.69 Å². The lowest BCUT2D eigenvalue weighted by Gasteiger charge is -2.17. The third-order valence-electron chi connectivity index (χ3n) is 3.30. The van der Waals surface area contributed by atoms with E-state index < -0.39 is 12.2 Å². The van der Waals surface area contributed by atoms with Gasteiger partial charge in [0.15, 0.2) is 0 Å². The molecule has 1 amide bonds. The topological polar surface area (TPSA) is 49.8 Å². The molecular weight excluding hydrogens is 298 g/mol. The van der Waals surface area contributed by atoms with Crippen molar-refractivity contribution in [2.45, 2.75) is 13.0 Å². The highest BCUT2D eigenvalue weighted by Crippen LogP contribution is 2.31. The van der Waals surface area contributed by atoms with Gasteiger partial charge in [0.2, 0.25) is 0 Å². The van der Waals surface area contributed by atoms with E-state index in [0.29, 0.717) is 10.8 Å². The molecule has 4 nitrogen and oxygen atoms in total. The molecule has 0 aliphatic rings. The second kappa shape index (κ2) is 6.17. The summed E-state index contributed by atoms with van der Waals surface area (Å²) in [4.78, 5) is 12.9. The zero-order valence-electron chi connectivity index (χ0n) is 12.0. The molecule has 0 fully saturated rings. The van der Waals surface area contributed by atoms with Gasteiger partial charge in [0.1, 0.15) is 6.10 Å². The molecule has 5 heteroatoms. The minimum atomic E-state index is -0.795. The Hall–Kier alpha value is -2.37. The summed E-state index contributed by atoms with van der Waals surface area (Å²) in [5.74, 6) is 0. The molecule has 0 aliphatic carbocycles. The second-order valence-corrected chi connectivity index (χ2v) is 5.98. The van der Waals surface area contributed by atoms with Gasteiger partial charge in [-0.25, -0.2) is 4.79 Å². The van der Waals surface area contributed by atoms with Crippen LogP contribution in [0.3, 0.4) is 0 Å². The molecule has 1 aromatic heterocycles. The first-order valence-corrected chi connectivity index (χ1v) is 7.70. The fourth-order valence-corrected chi connectivity index (χ4v) is 3.18. The van der Waals surface area contributed by atoms with E-state index in [-0.39, 0.29) is 0 Å². The summed E-state index contributed by atoms with van der Waals surface area (Å²) in [6.07, 6.45) is -1.22. The van der Waals surface area contributed by atoms with Crippen molar-refractivity contribution in [2.75, 3.05) is 5.06 Å². The number of nitrogens with zero attached hydrogens (tertiary/aromatic N) is 1. The Morgan fingerprint density at radius 2 is 1.82 bits per heavy atom. The van der Waals surface area contributed by atoms with Crippen LogP contribution in [0, 0.1) is 0 Å². The molecule has 1 heterocycles. The van der Waals surface area contributed by atoms with Gasteiger partial charge in [-0.05, 0) is 36.6 Å². The van der Waals surface area contributed by atoms with Crippen molar-refractivity contribution in [3.63, 3.8) is 0 Å². The third kappa shape index (κ3) is 2.95. The Kier molecular flexibility index (Phi) is 4.09. The molecule has 3 aromatic rings. The molecule has 0 saturated carbocycles. The molecular formula is C17H15NO3S. The van der Waals surface area contributed by atoms with E-state index in [0.717, 1.165) is 15.0 Å². The fourth-order valence-electron chi connectivity index (χ4n) is 2.14. The normalized spacial score (nSPS) is 12.1. The van der Waals surface area contributed by atoms with Gasteiger partial charge >= 0.3 is 6.09 Å². The van der Waals surface area contributed by atoms with Crippen LogP contribution in [-0.4, -0.2) is 11.3 Å². The summed E-state index contributed by atoms with van der Waals surface area (Å²) in [6.45, 7) is 1.79. The number of amides is 1. The summed E-state index contributed by atoms with van der Waals surface area (Å²) >= 11 is 1.58. The number of rotatable bonds is 3. The highest BCUT2D eigenvalue weighted by Gasteiger charge is 2.20. The van der Waals surface area contributed by atoms with Crippen LogP contribution in [0.25, 0.3) is 10.1 Å². The minimum Gasteiger partial charge on any atom is -0.439 e. The minimum absolute atomic E-state index is 0.371. The van der Waals surface area contributed by atoms with E-state index in [9.17, 15) is 10.0 Å². The Bertz CT molecular complexity index is 752. The van der Waals surface area contributed by atoms with Gasteiger partial charge < -0.3 is 4.74 Å². The van der Waals surface area contributed by atoms with Gasteiger partial charge in [0.25, 0.3) is 0 Å². The SMILES string of the molecule is CC(OC(=O)N(O)c1ccccc1)c1cc2ccccc2s1. The summed E-state index contributed by atoms with van der Waals surface area (Å²) in [6, 6.07) is 18.5. The van der Waals surface area contributed by atoms with Gasteiger partial charge in [-0.15, -0.1) is 11.3 Å². The molecule has 3 rings (SSSR count). The van der Waals surface area contributed by atoms with Crippen LogP contribution in [0.15, 0.2) is 60.7 Å². The number of ether oxygens (including phenoxy) is 1. The summed E-state index contributed by atoms with van der Waals surface area (Å²) < 4.78 is 6.47. The zero-order chi connectivity index (χ0) is 15.5. The summed E-state index contributed by atoms with van der Waals surface area (Å²) in [5, 5.41) is 11.5. The lowest BCUT2D eigenvalue weighted by atomic mass is 10.2. The monoisotopic (exact) mass is 313 g/mol. The Labute approximate surface area is 132 Å². The van der Waals surface area contributed by atoms with E-state index in [1.165, 1.54) is 0 Å². The predicted molar refractivity (Wildman–Crippen MR) is 87.4 cm³/mol. The van der Waals surface area contributed by atoms with Crippen LogP contribution in [0.1, 0.15) is 17.9 Å². The highest BCUT2D eigenvalue weighted by atomic mass is 32.1. The second-order valence-electron chi connectivity index (χ2n) is 4.86. The first-order valence-electron chi connectivity index (χ1n) is 6.88. The molecule has 0 spiro atoms. The van der Waals surface area contributed by atoms with Crippen LogP contribution in [-0.2, 0) is 4.74 Å². The summed E-state index contributed by atoms with van der Waals surface area (Å²) in [5.41, 5.74) is 0.371. The average Bonchev–Trinajstić information content (AvgIpc) is 2.99. The number of fused-ring (bicyclic) bond motifs is 1. The Morgan fingerprint density at radius 3 is 2.55 bits per heavy atom. The van der Waals surface area contributed by atoms with Crippen LogP contribution in [0.4, 0.5) is 10.5 Å². The molecule has 1 N–H and O–H groups in total. The van der Waals surface area contributed by atoms with E-state index in [1.807, 2.05) is 36.4 Å². The maximum atomic E-state index is 12.0. The van der Waals surface area contributed by atoms with E-state index >= 15 is 0 Å². The lowest BCUT2D eigenvalue weighted by molar-refractivity contribution is 0.0890. The molecule has 0 aliphatic heterocycles. The van der Waals surface area contributed by atoms with Crippen molar-refractivity contribution >= 4 is 33.2 Å². The number of thiophene rings is 1. The van der Waals surface area contributed by atoms with Gasteiger partial charge in [-0.3, -0.25) is 5.21 Å². The predicted octanol–water partition coefficient (Wildman–Crippen LogP) is 4.99. The number of carbonyl (C=O) groups is 1. The van der Waals surface area contributed by atoms with Gasteiger partial charge in [-0.1, -0.05) is 36.4 Å². The van der Waals surface area contributed by atoms with Crippen molar-refractivity contribution in [3.8, 4) is 0 Å². The zero-order valence-corrected chi connectivity index (χ0v) is 12.8. The van der Waals surface area contributed by atoms with Crippen LogP contribution < -0.4 is 5.06 Å². The average molecular weight is 313 g/mol. The molecule has 2 aromatic carbocycles. The smallest absolute Gasteiger partial charge is 0.439 e. The maximum absolute atomic E-state index is 12.0. The van der Waals surface area contributed by atoms with Gasteiger partial charge in [-0.2, -0.15) is 5.06 Å². The van der Waals surface area contributed by atoms with Crippen molar-refractivity contribution < 1.29 is 14.7 Å². The van der Waals surface area contributed by atoms with Crippen molar-refractivity contribution in [1.82, 2.24) is 0 Å².